The number of amides is 1. The Morgan fingerprint density at radius 1 is 1.16 bits per heavy atom. The van der Waals surface area contributed by atoms with Crippen molar-refractivity contribution in [3.8, 4) is 11.3 Å². The molecule has 2 aromatic heterocycles. The lowest BCUT2D eigenvalue weighted by Gasteiger charge is -2.26. The maximum atomic E-state index is 13.2. The molecule has 0 spiro atoms. The molecule has 4 rings (SSSR count). The van der Waals surface area contributed by atoms with Crippen LogP contribution in [0.2, 0.25) is 0 Å². The van der Waals surface area contributed by atoms with Gasteiger partial charge in [0.15, 0.2) is 0 Å². The summed E-state index contributed by atoms with van der Waals surface area (Å²) in [6, 6.07) is 13.6. The summed E-state index contributed by atoms with van der Waals surface area (Å²) >= 11 is 0. The SMILES string of the molecule is CC1=CCN(C(=O)c2cc(-c3cccnc3)nc3ccccc23)CC1. The highest BCUT2D eigenvalue weighted by Crippen LogP contribution is 2.26. The lowest BCUT2D eigenvalue weighted by molar-refractivity contribution is 0.0771. The fraction of sp³-hybridized carbons (Fsp3) is 0.190. The summed E-state index contributed by atoms with van der Waals surface area (Å²) in [6.45, 7) is 3.55. The van der Waals surface area contributed by atoms with E-state index in [1.54, 1.807) is 12.4 Å². The van der Waals surface area contributed by atoms with Crippen LogP contribution in [0, 0.1) is 0 Å². The Labute approximate surface area is 146 Å². The van der Waals surface area contributed by atoms with Gasteiger partial charge in [-0.3, -0.25) is 9.78 Å². The summed E-state index contributed by atoms with van der Waals surface area (Å²) in [7, 11) is 0. The highest BCUT2D eigenvalue weighted by Gasteiger charge is 2.21. The van der Waals surface area contributed by atoms with Crippen molar-refractivity contribution in [1.82, 2.24) is 14.9 Å². The standard InChI is InChI=1S/C21H19N3O/c1-15-8-11-24(12-9-15)21(25)18-13-20(16-5-4-10-22-14-16)23-19-7-3-2-6-17(18)19/h2-8,10,13-14H,9,11-12H2,1H3. The molecule has 4 nitrogen and oxygen atoms in total. The van der Waals surface area contributed by atoms with E-state index in [2.05, 4.69) is 18.0 Å². The number of nitrogens with zero attached hydrogens (tertiary/aromatic N) is 3. The van der Waals surface area contributed by atoms with Crippen molar-refractivity contribution in [2.24, 2.45) is 0 Å². The molecule has 0 N–H and O–H groups in total. The lowest BCUT2D eigenvalue weighted by atomic mass is 10.0. The smallest absolute Gasteiger partial charge is 0.254 e. The summed E-state index contributed by atoms with van der Waals surface area (Å²) in [5.74, 6) is 0.0625. The molecule has 0 atom stereocenters. The minimum atomic E-state index is 0.0625. The third-order valence-electron chi connectivity index (χ3n) is 4.63. The molecule has 124 valence electrons. The van der Waals surface area contributed by atoms with Gasteiger partial charge >= 0.3 is 0 Å². The molecule has 25 heavy (non-hydrogen) atoms. The van der Waals surface area contributed by atoms with E-state index < -0.39 is 0 Å². The topological polar surface area (TPSA) is 46.1 Å². The van der Waals surface area contributed by atoms with Gasteiger partial charge in [-0.1, -0.05) is 29.8 Å². The van der Waals surface area contributed by atoms with E-state index >= 15 is 0 Å². The van der Waals surface area contributed by atoms with Gasteiger partial charge in [0.1, 0.15) is 0 Å². The monoisotopic (exact) mass is 329 g/mol. The van der Waals surface area contributed by atoms with Crippen LogP contribution in [0.1, 0.15) is 23.7 Å². The lowest BCUT2D eigenvalue weighted by Crippen LogP contribution is -2.34. The summed E-state index contributed by atoms with van der Waals surface area (Å²) in [5, 5.41) is 0.895. The van der Waals surface area contributed by atoms with Crippen LogP contribution in [-0.2, 0) is 0 Å². The quantitative estimate of drug-likeness (QED) is 0.665. The first-order valence-electron chi connectivity index (χ1n) is 8.47. The minimum absolute atomic E-state index is 0.0625. The zero-order valence-electron chi connectivity index (χ0n) is 14.1. The molecule has 3 heterocycles. The van der Waals surface area contributed by atoms with Crippen LogP contribution in [0.25, 0.3) is 22.2 Å². The number of carbonyl (C=O) groups is 1. The minimum Gasteiger partial charge on any atom is -0.335 e. The number of hydrogen-bond acceptors (Lipinski definition) is 3. The first-order valence-corrected chi connectivity index (χ1v) is 8.47. The summed E-state index contributed by atoms with van der Waals surface area (Å²) < 4.78 is 0. The predicted octanol–water partition coefficient (Wildman–Crippen LogP) is 4.09. The maximum Gasteiger partial charge on any atom is 0.254 e. The molecule has 1 amide bonds. The molecule has 0 bridgehead atoms. The Balaban J connectivity index is 1.83. The molecule has 0 unspecified atom stereocenters. The van der Waals surface area contributed by atoms with Crippen molar-refractivity contribution in [3.63, 3.8) is 0 Å². The molecular formula is C21H19N3O. The number of fused-ring (bicyclic) bond motifs is 1. The molecule has 4 heteroatoms. The van der Waals surface area contributed by atoms with E-state index in [-0.39, 0.29) is 5.91 Å². The first kappa shape index (κ1) is 15.5. The molecule has 1 aliphatic rings. The van der Waals surface area contributed by atoms with Gasteiger partial charge in [0, 0.05) is 36.4 Å². The van der Waals surface area contributed by atoms with E-state index in [0.29, 0.717) is 12.1 Å². The molecule has 0 saturated heterocycles. The zero-order chi connectivity index (χ0) is 17.2. The molecular weight excluding hydrogens is 310 g/mol. The van der Waals surface area contributed by atoms with Crippen LogP contribution >= 0.6 is 0 Å². The van der Waals surface area contributed by atoms with Crippen molar-refractivity contribution in [1.29, 1.82) is 0 Å². The average molecular weight is 329 g/mol. The molecule has 0 aliphatic carbocycles. The van der Waals surface area contributed by atoms with Crippen molar-refractivity contribution in [2.45, 2.75) is 13.3 Å². The molecule has 0 radical (unpaired) electrons. The third-order valence-corrected chi connectivity index (χ3v) is 4.63. The van der Waals surface area contributed by atoms with Crippen LogP contribution in [-0.4, -0.2) is 33.9 Å². The molecule has 0 fully saturated rings. The van der Waals surface area contributed by atoms with Gasteiger partial charge in [-0.2, -0.15) is 0 Å². The van der Waals surface area contributed by atoms with Gasteiger partial charge in [0.2, 0.25) is 0 Å². The number of rotatable bonds is 2. The number of para-hydroxylation sites is 1. The largest absolute Gasteiger partial charge is 0.335 e. The molecule has 0 saturated carbocycles. The predicted molar refractivity (Wildman–Crippen MR) is 99.3 cm³/mol. The average Bonchev–Trinajstić information content (AvgIpc) is 2.68. The number of aromatic nitrogens is 2. The third kappa shape index (κ3) is 3.03. The Hall–Kier alpha value is -3.01. The highest BCUT2D eigenvalue weighted by molar-refractivity contribution is 6.07. The summed E-state index contributed by atoms with van der Waals surface area (Å²) in [4.78, 5) is 24.0. The second kappa shape index (κ2) is 6.48. The van der Waals surface area contributed by atoms with Crippen molar-refractivity contribution in [3.05, 3.63) is 72.1 Å². The van der Waals surface area contributed by atoms with Gasteiger partial charge < -0.3 is 4.90 Å². The second-order valence-corrected chi connectivity index (χ2v) is 6.37. The van der Waals surface area contributed by atoms with Gasteiger partial charge in [-0.25, -0.2) is 4.98 Å². The van der Waals surface area contributed by atoms with Crippen molar-refractivity contribution < 1.29 is 4.79 Å². The van der Waals surface area contributed by atoms with Crippen LogP contribution in [0.5, 0.6) is 0 Å². The molecule has 1 aliphatic heterocycles. The van der Waals surface area contributed by atoms with Crippen LogP contribution < -0.4 is 0 Å². The fourth-order valence-corrected chi connectivity index (χ4v) is 3.14. The van der Waals surface area contributed by atoms with Gasteiger partial charge in [0.05, 0.1) is 16.8 Å². The van der Waals surface area contributed by atoms with E-state index in [1.807, 2.05) is 47.4 Å². The Morgan fingerprint density at radius 3 is 2.80 bits per heavy atom. The van der Waals surface area contributed by atoms with Gasteiger partial charge in [0.25, 0.3) is 5.91 Å². The fourth-order valence-electron chi connectivity index (χ4n) is 3.14. The Bertz CT molecular complexity index is 963. The second-order valence-electron chi connectivity index (χ2n) is 6.37. The Kier molecular flexibility index (Phi) is 4.02. The van der Waals surface area contributed by atoms with Crippen LogP contribution in [0.4, 0.5) is 0 Å². The maximum absolute atomic E-state index is 13.2. The zero-order valence-corrected chi connectivity index (χ0v) is 14.1. The number of benzene rings is 1. The van der Waals surface area contributed by atoms with Crippen molar-refractivity contribution >= 4 is 16.8 Å². The van der Waals surface area contributed by atoms with E-state index in [1.165, 1.54) is 5.57 Å². The molecule has 1 aromatic carbocycles. The van der Waals surface area contributed by atoms with Gasteiger partial charge in [-0.15, -0.1) is 0 Å². The molecule has 3 aromatic rings. The van der Waals surface area contributed by atoms with Crippen LogP contribution in [0.15, 0.2) is 66.5 Å². The number of carbonyl (C=O) groups excluding carboxylic acids is 1. The number of hydrogen-bond donors (Lipinski definition) is 0. The normalized spacial score (nSPS) is 14.4. The van der Waals surface area contributed by atoms with Gasteiger partial charge in [-0.05, 0) is 37.6 Å². The summed E-state index contributed by atoms with van der Waals surface area (Å²) in [6.07, 6.45) is 6.58. The highest BCUT2D eigenvalue weighted by atomic mass is 16.2. The number of pyridine rings is 2. The van der Waals surface area contributed by atoms with E-state index in [4.69, 9.17) is 4.98 Å². The van der Waals surface area contributed by atoms with Crippen LogP contribution in [0.3, 0.4) is 0 Å². The first-order chi connectivity index (χ1) is 12.2. The van der Waals surface area contributed by atoms with E-state index in [9.17, 15) is 4.79 Å². The summed E-state index contributed by atoms with van der Waals surface area (Å²) in [5.41, 5.74) is 4.57. The van der Waals surface area contributed by atoms with Crippen molar-refractivity contribution in [2.75, 3.05) is 13.1 Å². The Morgan fingerprint density at radius 2 is 2.04 bits per heavy atom. The van der Waals surface area contributed by atoms with E-state index in [0.717, 1.165) is 35.1 Å².